The summed E-state index contributed by atoms with van der Waals surface area (Å²) in [4.78, 5) is 35.9. The molecule has 1 saturated heterocycles. The van der Waals surface area contributed by atoms with E-state index in [1.165, 1.54) is 18.3 Å². The number of aromatic nitrogens is 3. The molecular formula is C34H33ClN4O7S. The zero-order chi connectivity index (χ0) is 33.3. The number of oxazole rings is 1. The maximum absolute atomic E-state index is 13.3. The molecule has 2 aromatic heterocycles. The monoisotopic (exact) mass is 676 g/mol. The first-order valence-electron chi connectivity index (χ1n) is 15.1. The van der Waals surface area contributed by atoms with Crippen molar-refractivity contribution < 1.29 is 32.0 Å². The largest absolute Gasteiger partial charge is 0.456 e. The highest BCUT2D eigenvalue weighted by molar-refractivity contribution is 7.90. The lowest BCUT2D eigenvalue weighted by Crippen LogP contribution is -2.36. The summed E-state index contributed by atoms with van der Waals surface area (Å²) in [6, 6.07) is 17.7. The molecule has 0 bridgehead atoms. The molecule has 47 heavy (non-hydrogen) atoms. The van der Waals surface area contributed by atoms with E-state index in [0.29, 0.717) is 52.7 Å². The van der Waals surface area contributed by atoms with E-state index in [1.807, 2.05) is 0 Å². The summed E-state index contributed by atoms with van der Waals surface area (Å²) < 4.78 is 39.2. The second-order valence-corrected chi connectivity index (χ2v) is 14.5. The quantitative estimate of drug-likeness (QED) is 0.166. The number of piperidine rings is 1. The van der Waals surface area contributed by atoms with Crippen LogP contribution in [0.25, 0.3) is 22.4 Å². The van der Waals surface area contributed by atoms with E-state index in [2.05, 4.69) is 10.1 Å². The van der Waals surface area contributed by atoms with Crippen molar-refractivity contribution in [2.75, 3.05) is 13.1 Å². The van der Waals surface area contributed by atoms with Crippen molar-refractivity contribution in [3.8, 4) is 11.5 Å². The Balaban J connectivity index is 1.11. The molecule has 0 N–H and O–H groups in total. The maximum Gasteiger partial charge on any atom is 0.357 e. The molecule has 6 rings (SSSR count). The Bertz CT molecular complexity index is 2040. The molecule has 3 heterocycles. The van der Waals surface area contributed by atoms with Crippen molar-refractivity contribution >= 4 is 44.5 Å². The van der Waals surface area contributed by atoms with E-state index in [-0.39, 0.29) is 21.9 Å². The van der Waals surface area contributed by atoms with Gasteiger partial charge >= 0.3 is 11.9 Å². The van der Waals surface area contributed by atoms with Crippen molar-refractivity contribution in [3.05, 3.63) is 101 Å². The number of carbonyl (C=O) groups is 2. The first kappa shape index (κ1) is 32.4. The van der Waals surface area contributed by atoms with Crippen LogP contribution >= 0.6 is 11.6 Å². The van der Waals surface area contributed by atoms with Gasteiger partial charge in [-0.25, -0.2) is 14.6 Å². The molecule has 244 valence electrons. The van der Waals surface area contributed by atoms with Crippen LogP contribution in [0.3, 0.4) is 0 Å². The fourth-order valence-corrected chi connectivity index (χ4v) is 6.98. The molecule has 0 saturated carbocycles. The molecule has 0 spiro atoms. The Morgan fingerprint density at radius 3 is 2.30 bits per heavy atom. The van der Waals surface area contributed by atoms with E-state index in [9.17, 15) is 18.0 Å². The predicted octanol–water partition coefficient (Wildman–Crippen LogP) is 6.56. The average molecular weight is 677 g/mol. The Kier molecular flexibility index (Phi) is 8.93. The topological polar surface area (TPSA) is 134 Å². The van der Waals surface area contributed by atoms with Gasteiger partial charge in [-0.2, -0.15) is 17.6 Å². The van der Waals surface area contributed by atoms with Crippen molar-refractivity contribution in [1.29, 1.82) is 0 Å². The molecule has 3 aromatic carbocycles. The van der Waals surface area contributed by atoms with E-state index < -0.39 is 27.6 Å². The fourth-order valence-electron chi connectivity index (χ4n) is 5.48. The van der Waals surface area contributed by atoms with Crippen molar-refractivity contribution in [2.45, 2.75) is 50.5 Å². The normalized spacial score (nSPS) is 14.7. The molecule has 0 amide bonds. The smallest absolute Gasteiger partial charge is 0.357 e. The minimum Gasteiger partial charge on any atom is -0.456 e. The molecule has 13 heteroatoms. The van der Waals surface area contributed by atoms with Gasteiger partial charge in [-0.1, -0.05) is 41.9 Å². The summed E-state index contributed by atoms with van der Waals surface area (Å²) in [5.74, 6) is 0.0218. The van der Waals surface area contributed by atoms with E-state index in [4.69, 9.17) is 25.6 Å². The second kappa shape index (κ2) is 12.9. The van der Waals surface area contributed by atoms with E-state index >= 15 is 0 Å². The van der Waals surface area contributed by atoms with Crippen LogP contribution in [-0.2, 0) is 26.0 Å². The number of hydrogen-bond acceptors (Lipinski definition) is 10. The summed E-state index contributed by atoms with van der Waals surface area (Å²) in [6.07, 6.45) is 5.22. The Morgan fingerprint density at radius 1 is 0.957 bits per heavy atom. The maximum atomic E-state index is 13.3. The Labute approximate surface area is 277 Å². The van der Waals surface area contributed by atoms with Gasteiger partial charge < -0.3 is 14.0 Å². The molecule has 1 fully saturated rings. The van der Waals surface area contributed by atoms with Gasteiger partial charge in [-0.05, 0) is 75.9 Å². The Hall–Kier alpha value is -4.52. The van der Waals surface area contributed by atoms with Gasteiger partial charge in [0, 0.05) is 35.5 Å². The number of nitrogens with zero attached hydrogens (tertiary/aromatic N) is 4. The van der Waals surface area contributed by atoms with Crippen LogP contribution in [0.5, 0.6) is 0 Å². The zero-order valence-electron chi connectivity index (χ0n) is 26.1. The highest BCUT2D eigenvalue weighted by Crippen LogP contribution is 2.34. The van der Waals surface area contributed by atoms with Crippen LogP contribution in [0.4, 0.5) is 0 Å². The van der Waals surface area contributed by atoms with Gasteiger partial charge in [0.1, 0.15) is 11.4 Å². The second-order valence-electron chi connectivity index (χ2n) is 12.3. The summed E-state index contributed by atoms with van der Waals surface area (Å²) in [5.41, 5.74) is 0.450. The number of hydroxylamine groups is 2. The number of fused-ring (bicyclic) bond motifs is 1. The van der Waals surface area contributed by atoms with Crippen LogP contribution in [0.2, 0.25) is 5.02 Å². The van der Waals surface area contributed by atoms with E-state index in [1.54, 1.807) is 86.6 Å². The summed E-state index contributed by atoms with van der Waals surface area (Å²) in [6.45, 7) is 6.32. The first-order chi connectivity index (χ1) is 22.4. The van der Waals surface area contributed by atoms with Gasteiger partial charge in [-0.15, -0.1) is 5.06 Å². The molecule has 1 aliphatic heterocycles. The SMILES string of the molecule is CC(C)(C)OC(=O)c1ccccc1C(=O)ON1CCC(Cc2cnc(-c3cc(Cl)cc4c3cnn4S(=O)(=O)c3ccccc3)o2)CC1. The molecular weight excluding hydrogens is 644 g/mol. The van der Waals surface area contributed by atoms with Crippen LogP contribution < -0.4 is 0 Å². The minimum atomic E-state index is -3.95. The Morgan fingerprint density at radius 2 is 1.62 bits per heavy atom. The summed E-state index contributed by atoms with van der Waals surface area (Å²) >= 11 is 6.43. The van der Waals surface area contributed by atoms with Crippen LogP contribution in [0.1, 0.15) is 60.1 Å². The standard InChI is InChI=1S/C34H33ClN4O7S/c1-34(2,3)45-32(40)26-11-7-8-12-27(26)33(41)46-38-15-13-22(14-16-38)17-24-20-36-31(44-24)28-18-23(35)19-30-29(28)21-37-39(30)47(42,43)25-9-5-4-6-10-25/h4-12,18-22H,13-17H2,1-3H3. The van der Waals surface area contributed by atoms with Crippen molar-refractivity contribution in [1.82, 2.24) is 19.2 Å². The third kappa shape index (κ3) is 7.09. The highest BCUT2D eigenvalue weighted by atomic mass is 35.5. The first-order valence-corrected chi connectivity index (χ1v) is 16.9. The van der Waals surface area contributed by atoms with Gasteiger partial charge in [0.25, 0.3) is 10.0 Å². The van der Waals surface area contributed by atoms with Crippen molar-refractivity contribution in [3.63, 3.8) is 0 Å². The minimum absolute atomic E-state index is 0.108. The highest BCUT2D eigenvalue weighted by Gasteiger charge is 2.28. The van der Waals surface area contributed by atoms with E-state index in [0.717, 1.165) is 16.9 Å². The van der Waals surface area contributed by atoms with Crippen LogP contribution in [-0.4, -0.2) is 58.3 Å². The molecule has 11 nitrogen and oxygen atoms in total. The third-order valence-electron chi connectivity index (χ3n) is 7.71. The lowest BCUT2D eigenvalue weighted by atomic mass is 9.93. The zero-order valence-corrected chi connectivity index (χ0v) is 27.6. The molecule has 0 radical (unpaired) electrons. The molecule has 1 aliphatic rings. The number of hydrogen-bond donors (Lipinski definition) is 0. The predicted molar refractivity (Wildman–Crippen MR) is 174 cm³/mol. The van der Waals surface area contributed by atoms with Gasteiger partial charge in [-0.3, -0.25) is 0 Å². The number of carbonyl (C=O) groups excluding carboxylic acids is 2. The molecule has 0 unspecified atom stereocenters. The molecule has 0 atom stereocenters. The number of halogens is 1. The summed E-state index contributed by atoms with van der Waals surface area (Å²) in [5, 5.41) is 6.64. The van der Waals surface area contributed by atoms with Gasteiger partial charge in [0.15, 0.2) is 0 Å². The van der Waals surface area contributed by atoms with Crippen molar-refractivity contribution in [2.24, 2.45) is 5.92 Å². The number of ether oxygens (including phenoxy) is 1. The number of esters is 1. The average Bonchev–Trinajstić information content (AvgIpc) is 3.69. The number of benzene rings is 3. The van der Waals surface area contributed by atoms with Gasteiger partial charge in [0.05, 0.1) is 33.9 Å². The van der Waals surface area contributed by atoms with Gasteiger partial charge in [0.2, 0.25) is 5.89 Å². The number of rotatable bonds is 8. The van der Waals surface area contributed by atoms with Crippen LogP contribution in [0, 0.1) is 5.92 Å². The lowest BCUT2D eigenvalue weighted by molar-refractivity contribution is -0.126. The third-order valence-corrected chi connectivity index (χ3v) is 9.55. The molecule has 0 aliphatic carbocycles. The molecule has 5 aromatic rings. The summed E-state index contributed by atoms with van der Waals surface area (Å²) in [7, 11) is -3.95. The lowest BCUT2D eigenvalue weighted by Gasteiger charge is -2.30. The fraction of sp³-hybridized carbons (Fsp3) is 0.294. The van der Waals surface area contributed by atoms with Crippen LogP contribution in [0.15, 0.2) is 88.4 Å².